The highest BCUT2D eigenvalue weighted by molar-refractivity contribution is 9.10. The number of hydrogen-bond acceptors (Lipinski definition) is 2. The fourth-order valence-electron chi connectivity index (χ4n) is 3.34. The Bertz CT molecular complexity index is 429. The number of nitrogen functional groups attached to an aromatic ring is 1. The van der Waals surface area contributed by atoms with Crippen LogP contribution in [0.4, 0.5) is 11.4 Å². The van der Waals surface area contributed by atoms with Crippen molar-refractivity contribution in [1.82, 2.24) is 0 Å². The van der Waals surface area contributed by atoms with Gasteiger partial charge in [0.2, 0.25) is 0 Å². The van der Waals surface area contributed by atoms with Crippen LogP contribution in [-0.2, 0) is 0 Å². The molecule has 1 fully saturated rings. The summed E-state index contributed by atoms with van der Waals surface area (Å²) in [6, 6.07) is 6.59. The van der Waals surface area contributed by atoms with Crippen LogP contribution in [0.15, 0.2) is 22.7 Å². The average Bonchev–Trinajstić information content (AvgIpc) is 2.19. The van der Waals surface area contributed by atoms with E-state index in [1.165, 1.54) is 19.3 Å². The molecular formula is C15H23BrN2. The smallest absolute Gasteiger partial charge is 0.0576 e. The molecule has 1 saturated carbocycles. The summed E-state index contributed by atoms with van der Waals surface area (Å²) in [5.74, 6) is 0.780. The lowest BCUT2D eigenvalue weighted by atomic mass is 9.70. The number of nitrogens with two attached hydrogens (primary N) is 1. The Morgan fingerprint density at radius 1 is 1.33 bits per heavy atom. The van der Waals surface area contributed by atoms with Crippen LogP contribution in [0, 0.1) is 11.3 Å². The Morgan fingerprint density at radius 2 is 2.06 bits per heavy atom. The van der Waals surface area contributed by atoms with Crippen LogP contribution in [0.1, 0.15) is 40.0 Å². The van der Waals surface area contributed by atoms with Crippen molar-refractivity contribution in [3.63, 3.8) is 0 Å². The van der Waals surface area contributed by atoms with Crippen molar-refractivity contribution in [2.45, 2.75) is 46.1 Å². The highest BCUT2D eigenvalue weighted by Crippen LogP contribution is 2.40. The van der Waals surface area contributed by atoms with E-state index in [0.29, 0.717) is 11.5 Å². The summed E-state index contributed by atoms with van der Waals surface area (Å²) >= 11 is 3.44. The van der Waals surface area contributed by atoms with Crippen molar-refractivity contribution in [2.24, 2.45) is 11.3 Å². The molecule has 0 saturated heterocycles. The summed E-state index contributed by atoms with van der Waals surface area (Å²) in [5, 5.41) is 3.62. The first kappa shape index (κ1) is 13.7. The molecule has 2 atom stereocenters. The molecule has 0 amide bonds. The van der Waals surface area contributed by atoms with Crippen molar-refractivity contribution < 1.29 is 0 Å². The fraction of sp³-hybridized carbons (Fsp3) is 0.600. The van der Waals surface area contributed by atoms with Crippen LogP contribution in [-0.4, -0.2) is 6.04 Å². The highest BCUT2D eigenvalue weighted by atomic mass is 79.9. The van der Waals surface area contributed by atoms with Gasteiger partial charge in [-0.25, -0.2) is 0 Å². The molecule has 2 rings (SSSR count). The van der Waals surface area contributed by atoms with Crippen LogP contribution < -0.4 is 11.1 Å². The Balaban J connectivity index is 2.09. The number of halogens is 1. The molecule has 2 nitrogen and oxygen atoms in total. The molecule has 18 heavy (non-hydrogen) atoms. The monoisotopic (exact) mass is 310 g/mol. The first-order chi connectivity index (χ1) is 8.35. The van der Waals surface area contributed by atoms with Crippen molar-refractivity contribution >= 4 is 27.3 Å². The van der Waals surface area contributed by atoms with Crippen LogP contribution in [0.5, 0.6) is 0 Å². The summed E-state index contributed by atoms with van der Waals surface area (Å²) in [6.45, 7) is 7.07. The lowest BCUT2D eigenvalue weighted by molar-refractivity contribution is 0.178. The van der Waals surface area contributed by atoms with E-state index in [4.69, 9.17) is 5.73 Å². The zero-order valence-corrected chi connectivity index (χ0v) is 13.0. The minimum Gasteiger partial charge on any atom is -0.397 e. The third-order valence-corrected chi connectivity index (χ3v) is 4.25. The van der Waals surface area contributed by atoms with E-state index < -0.39 is 0 Å². The quantitative estimate of drug-likeness (QED) is 0.780. The predicted octanol–water partition coefficient (Wildman–Crippen LogP) is 4.66. The van der Waals surface area contributed by atoms with Gasteiger partial charge in [0.15, 0.2) is 0 Å². The first-order valence-corrected chi connectivity index (χ1v) is 7.46. The predicted molar refractivity (Wildman–Crippen MR) is 82.8 cm³/mol. The SMILES string of the molecule is C[C@H]1CC(Nc2ccc(Br)cc2N)CC(C)(C)C1. The second kappa shape index (κ2) is 5.12. The third kappa shape index (κ3) is 3.41. The topological polar surface area (TPSA) is 38.0 Å². The molecule has 3 heteroatoms. The van der Waals surface area contributed by atoms with Gasteiger partial charge in [0.05, 0.1) is 11.4 Å². The van der Waals surface area contributed by atoms with Gasteiger partial charge in [-0.15, -0.1) is 0 Å². The highest BCUT2D eigenvalue weighted by Gasteiger charge is 2.32. The molecule has 1 aliphatic rings. The summed E-state index contributed by atoms with van der Waals surface area (Å²) in [7, 11) is 0. The van der Waals surface area contributed by atoms with E-state index in [2.05, 4.69) is 48.1 Å². The fourth-order valence-corrected chi connectivity index (χ4v) is 3.72. The molecule has 1 unspecified atom stereocenters. The Hall–Kier alpha value is -0.700. The second-order valence-corrected chi connectivity index (χ2v) is 7.40. The van der Waals surface area contributed by atoms with E-state index in [-0.39, 0.29) is 0 Å². The summed E-state index contributed by atoms with van der Waals surface area (Å²) in [5.41, 5.74) is 8.36. The van der Waals surface area contributed by atoms with Gasteiger partial charge < -0.3 is 11.1 Å². The van der Waals surface area contributed by atoms with Crippen molar-refractivity contribution in [3.05, 3.63) is 22.7 Å². The number of nitrogens with one attached hydrogen (secondary N) is 1. The summed E-state index contributed by atoms with van der Waals surface area (Å²) in [4.78, 5) is 0. The van der Waals surface area contributed by atoms with Gasteiger partial charge in [0.1, 0.15) is 0 Å². The number of rotatable bonds is 2. The van der Waals surface area contributed by atoms with Crippen LogP contribution >= 0.6 is 15.9 Å². The molecule has 0 radical (unpaired) electrons. The first-order valence-electron chi connectivity index (χ1n) is 6.67. The molecule has 100 valence electrons. The maximum atomic E-state index is 6.05. The molecule has 0 aliphatic heterocycles. The Labute approximate surface area is 118 Å². The van der Waals surface area contributed by atoms with E-state index in [1.54, 1.807) is 0 Å². The minimum atomic E-state index is 0.430. The minimum absolute atomic E-state index is 0.430. The van der Waals surface area contributed by atoms with Gasteiger partial charge in [-0.05, 0) is 48.8 Å². The van der Waals surface area contributed by atoms with Crippen molar-refractivity contribution in [2.75, 3.05) is 11.1 Å². The van der Waals surface area contributed by atoms with Crippen molar-refractivity contribution in [3.8, 4) is 0 Å². The van der Waals surface area contributed by atoms with Gasteiger partial charge in [0, 0.05) is 10.5 Å². The van der Waals surface area contributed by atoms with Gasteiger partial charge in [0.25, 0.3) is 0 Å². The van der Waals surface area contributed by atoms with E-state index in [9.17, 15) is 0 Å². The maximum absolute atomic E-state index is 6.05. The van der Waals surface area contributed by atoms with E-state index in [0.717, 1.165) is 21.8 Å². The van der Waals surface area contributed by atoms with Gasteiger partial charge >= 0.3 is 0 Å². The molecule has 0 aromatic heterocycles. The standard InChI is InChI=1S/C15H23BrN2/c1-10-6-12(9-15(2,3)8-10)18-14-5-4-11(16)7-13(14)17/h4-5,7,10,12,18H,6,8-9,17H2,1-3H3/t10-,12?/m0/s1. The van der Waals surface area contributed by atoms with Crippen LogP contribution in [0.25, 0.3) is 0 Å². The van der Waals surface area contributed by atoms with Crippen LogP contribution in [0.3, 0.4) is 0 Å². The molecule has 0 bridgehead atoms. The van der Waals surface area contributed by atoms with E-state index >= 15 is 0 Å². The Kier molecular flexibility index (Phi) is 3.90. The molecule has 0 spiro atoms. The molecule has 1 aromatic rings. The number of benzene rings is 1. The maximum Gasteiger partial charge on any atom is 0.0576 e. The summed E-state index contributed by atoms with van der Waals surface area (Å²) < 4.78 is 1.03. The van der Waals surface area contributed by atoms with Crippen molar-refractivity contribution in [1.29, 1.82) is 0 Å². The number of hydrogen-bond donors (Lipinski definition) is 2. The number of anilines is 2. The normalized spacial score (nSPS) is 26.9. The lowest BCUT2D eigenvalue weighted by Gasteiger charge is -2.39. The van der Waals surface area contributed by atoms with Gasteiger partial charge in [-0.2, -0.15) is 0 Å². The molecule has 0 heterocycles. The van der Waals surface area contributed by atoms with Gasteiger partial charge in [-0.1, -0.05) is 36.7 Å². The zero-order chi connectivity index (χ0) is 13.3. The average molecular weight is 311 g/mol. The largest absolute Gasteiger partial charge is 0.397 e. The van der Waals surface area contributed by atoms with E-state index in [1.807, 2.05) is 12.1 Å². The lowest BCUT2D eigenvalue weighted by Crippen LogP contribution is -2.35. The molecule has 1 aliphatic carbocycles. The molecule has 3 N–H and O–H groups in total. The summed E-state index contributed by atoms with van der Waals surface area (Å²) in [6.07, 6.45) is 3.77. The van der Waals surface area contributed by atoms with Crippen LogP contribution in [0.2, 0.25) is 0 Å². The molecular weight excluding hydrogens is 288 g/mol. The second-order valence-electron chi connectivity index (χ2n) is 6.49. The molecule has 1 aromatic carbocycles. The third-order valence-electron chi connectivity index (χ3n) is 3.76. The zero-order valence-electron chi connectivity index (χ0n) is 11.5. The van der Waals surface area contributed by atoms with Gasteiger partial charge in [-0.3, -0.25) is 0 Å². The Morgan fingerprint density at radius 3 is 2.67 bits per heavy atom.